The van der Waals surface area contributed by atoms with Crippen LogP contribution in [0.3, 0.4) is 0 Å². The van der Waals surface area contributed by atoms with Crippen LogP contribution in [0.4, 0.5) is 0 Å². The molecule has 4 nitrogen and oxygen atoms in total. The molecule has 6 heteroatoms. The van der Waals surface area contributed by atoms with Crippen LogP contribution >= 0.6 is 24.0 Å². The van der Waals surface area contributed by atoms with Crippen LogP contribution in [-0.4, -0.2) is 43.1 Å². The first-order valence-electron chi connectivity index (χ1n) is 8.01. The van der Waals surface area contributed by atoms with Gasteiger partial charge in [0, 0.05) is 10.6 Å². The molecule has 0 bridgehead atoms. The van der Waals surface area contributed by atoms with Gasteiger partial charge >= 0.3 is 0 Å². The zero-order valence-corrected chi connectivity index (χ0v) is 14.9. The third-order valence-corrected chi connectivity index (χ3v) is 4.76. The summed E-state index contributed by atoms with van der Waals surface area (Å²) >= 11 is 6.25. The van der Waals surface area contributed by atoms with Crippen LogP contribution < -0.4 is 5.32 Å². The van der Waals surface area contributed by atoms with E-state index in [-0.39, 0.29) is 30.5 Å². The van der Waals surface area contributed by atoms with Gasteiger partial charge in [-0.25, -0.2) is 0 Å². The van der Waals surface area contributed by atoms with E-state index in [0.29, 0.717) is 24.7 Å². The second-order valence-corrected chi connectivity index (χ2v) is 6.72. The molecule has 1 aromatic rings. The molecule has 0 aromatic heterocycles. The van der Waals surface area contributed by atoms with Gasteiger partial charge < -0.3 is 15.0 Å². The standard InChI is InChI=1S/C17H23ClN2O2.ClH/c1-12-11-22-16(14-4-2-3-5-15(14)18)10-20(12)17(21)9-19-8-13-6-7-13;/h2-5,12-13,16,19H,6-11H2,1H3;1H. The van der Waals surface area contributed by atoms with Gasteiger partial charge in [0.1, 0.15) is 6.10 Å². The summed E-state index contributed by atoms with van der Waals surface area (Å²) in [6, 6.07) is 7.79. The number of rotatable bonds is 5. The Morgan fingerprint density at radius 2 is 2.13 bits per heavy atom. The van der Waals surface area contributed by atoms with Gasteiger partial charge in [0.2, 0.25) is 5.91 Å². The average Bonchev–Trinajstić information content (AvgIpc) is 3.32. The lowest BCUT2D eigenvalue weighted by molar-refractivity contribution is -0.143. The lowest BCUT2D eigenvalue weighted by Gasteiger charge is -2.38. The molecule has 2 atom stereocenters. The topological polar surface area (TPSA) is 41.6 Å². The van der Waals surface area contributed by atoms with Gasteiger partial charge in [-0.05, 0) is 38.3 Å². The Morgan fingerprint density at radius 3 is 2.83 bits per heavy atom. The number of nitrogens with zero attached hydrogens (tertiary/aromatic N) is 1. The smallest absolute Gasteiger partial charge is 0.236 e. The molecular weight excluding hydrogens is 335 g/mol. The first-order chi connectivity index (χ1) is 10.6. The number of carbonyl (C=O) groups is 1. The number of carbonyl (C=O) groups excluding carboxylic acids is 1. The Kier molecular flexibility index (Phi) is 6.72. The average molecular weight is 359 g/mol. The normalized spacial score (nSPS) is 24.2. The minimum absolute atomic E-state index is 0. The minimum atomic E-state index is -0.141. The third kappa shape index (κ3) is 4.83. The highest BCUT2D eigenvalue weighted by atomic mass is 35.5. The summed E-state index contributed by atoms with van der Waals surface area (Å²) in [7, 11) is 0. The van der Waals surface area contributed by atoms with E-state index in [0.717, 1.165) is 18.0 Å². The zero-order valence-electron chi connectivity index (χ0n) is 13.3. The molecule has 128 valence electrons. The predicted octanol–water partition coefficient (Wildman–Crippen LogP) is 3.05. The fourth-order valence-corrected chi connectivity index (χ4v) is 3.09. The summed E-state index contributed by atoms with van der Waals surface area (Å²) in [4.78, 5) is 14.4. The van der Waals surface area contributed by atoms with Crippen molar-refractivity contribution in [3.8, 4) is 0 Å². The molecule has 1 aliphatic carbocycles. The van der Waals surface area contributed by atoms with Crippen LogP contribution in [0, 0.1) is 5.92 Å². The van der Waals surface area contributed by atoms with Crippen LogP contribution in [0.25, 0.3) is 0 Å². The van der Waals surface area contributed by atoms with E-state index in [2.05, 4.69) is 5.32 Å². The van der Waals surface area contributed by atoms with Crippen molar-refractivity contribution in [3.05, 3.63) is 34.9 Å². The molecule has 1 aliphatic heterocycles. The van der Waals surface area contributed by atoms with Crippen molar-refractivity contribution in [3.63, 3.8) is 0 Å². The highest BCUT2D eigenvalue weighted by Gasteiger charge is 2.31. The maximum absolute atomic E-state index is 12.4. The second-order valence-electron chi connectivity index (χ2n) is 6.31. The summed E-state index contributed by atoms with van der Waals surface area (Å²) in [5.74, 6) is 0.930. The summed E-state index contributed by atoms with van der Waals surface area (Å²) in [5, 5.41) is 3.97. The number of hydrogen-bond acceptors (Lipinski definition) is 3. The minimum Gasteiger partial charge on any atom is -0.369 e. The van der Waals surface area contributed by atoms with Gasteiger partial charge in [-0.15, -0.1) is 12.4 Å². The van der Waals surface area contributed by atoms with Crippen LogP contribution in [0.2, 0.25) is 5.02 Å². The maximum Gasteiger partial charge on any atom is 0.236 e. The molecule has 23 heavy (non-hydrogen) atoms. The Labute approximate surface area is 148 Å². The van der Waals surface area contributed by atoms with Crippen molar-refractivity contribution in [2.45, 2.75) is 31.9 Å². The third-order valence-electron chi connectivity index (χ3n) is 4.41. The molecule has 2 aliphatic rings. The number of hydrogen-bond donors (Lipinski definition) is 1. The van der Waals surface area contributed by atoms with E-state index in [1.54, 1.807) is 0 Å². The number of benzene rings is 1. The molecule has 1 N–H and O–H groups in total. The summed E-state index contributed by atoms with van der Waals surface area (Å²) in [5.41, 5.74) is 0.958. The van der Waals surface area contributed by atoms with Crippen LogP contribution in [-0.2, 0) is 9.53 Å². The lowest BCUT2D eigenvalue weighted by atomic mass is 10.1. The Hall–Kier alpha value is -0.810. The van der Waals surface area contributed by atoms with Crippen molar-refractivity contribution in [1.29, 1.82) is 0 Å². The molecule has 1 aromatic carbocycles. The van der Waals surface area contributed by atoms with Crippen LogP contribution in [0.1, 0.15) is 31.4 Å². The number of morpholine rings is 1. The van der Waals surface area contributed by atoms with Gasteiger partial charge in [0.15, 0.2) is 0 Å². The number of nitrogens with one attached hydrogen (secondary N) is 1. The van der Waals surface area contributed by atoms with Crippen LogP contribution in [0.15, 0.2) is 24.3 Å². The highest BCUT2D eigenvalue weighted by Crippen LogP contribution is 2.30. The quantitative estimate of drug-likeness (QED) is 0.879. The van der Waals surface area contributed by atoms with Crippen molar-refractivity contribution in [1.82, 2.24) is 10.2 Å². The highest BCUT2D eigenvalue weighted by molar-refractivity contribution is 6.31. The number of halogens is 2. The molecule has 2 fully saturated rings. The number of ether oxygens (including phenoxy) is 1. The van der Waals surface area contributed by atoms with Gasteiger partial charge in [0.05, 0.1) is 25.7 Å². The van der Waals surface area contributed by atoms with Gasteiger partial charge in [0.25, 0.3) is 0 Å². The molecular formula is C17H24Cl2N2O2. The molecule has 1 heterocycles. The molecule has 1 saturated carbocycles. The van der Waals surface area contributed by atoms with Gasteiger partial charge in [-0.1, -0.05) is 29.8 Å². The van der Waals surface area contributed by atoms with E-state index in [1.807, 2.05) is 36.1 Å². The lowest BCUT2D eigenvalue weighted by Crippen LogP contribution is -2.51. The molecule has 3 rings (SSSR count). The molecule has 1 amide bonds. The fraction of sp³-hybridized carbons (Fsp3) is 0.588. The van der Waals surface area contributed by atoms with E-state index >= 15 is 0 Å². The summed E-state index contributed by atoms with van der Waals surface area (Å²) in [6.07, 6.45) is 2.45. The maximum atomic E-state index is 12.4. The SMILES string of the molecule is CC1COC(c2ccccc2Cl)CN1C(=O)CNCC1CC1.Cl. The molecule has 0 radical (unpaired) electrons. The Balaban J connectivity index is 0.00000192. The Morgan fingerprint density at radius 1 is 1.39 bits per heavy atom. The number of amides is 1. The fourth-order valence-electron chi connectivity index (χ4n) is 2.84. The second kappa shape index (κ2) is 8.34. The largest absolute Gasteiger partial charge is 0.369 e. The van der Waals surface area contributed by atoms with Crippen molar-refractivity contribution in [2.24, 2.45) is 5.92 Å². The first kappa shape index (κ1) is 18.5. The molecule has 2 unspecified atom stereocenters. The van der Waals surface area contributed by atoms with Crippen LogP contribution in [0.5, 0.6) is 0 Å². The van der Waals surface area contributed by atoms with Gasteiger partial charge in [-0.3, -0.25) is 4.79 Å². The van der Waals surface area contributed by atoms with E-state index in [9.17, 15) is 4.79 Å². The molecule has 0 spiro atoms. The van der Waals surface area contributed by atoms with E-state index < -0.39 is 0 Å². The van der Waals surface area contributed by atoms with Gasteiger partial charge in [-0.2, -0.15) is 0 Å². The zero-order chi connectivity index (χ0) is 15.5. The molecule has 1 saturated heterocycles. The van der Waals surface area contributed by atoms with Crippen molar-refractivity contribution < 1.29 is 9.53 Å². The van der Waals surface area contributed by atoms with Crippen molar-refractivity contribution >= 4 is 29.9 Å². The predicted molar refractivity (Wildman–Crippen MR) is 94.2 cm³/mol. The summed E-state index contributed by atoms with van der Waals surface area (Å²) in [6.45, 7) is 4.51. The Bertz CT molecular complexity index is 537. The van der Waals surface area contributed by atoms with E-state index in [1.165, 1.54) is 12.8 Å². The van der Waals surface area contributed by atoms with E-state index in [4.69, 9.17) is 16.3 Å². The first-order valence-corrected chi connectivity index (χ1v) is 8.39. The van der Waals surface area contributed by atoms with Crippen molar-refractivity contribution in [2.75, 3.05) is 26.2 Å². The monoisotopic (exact) mass is 358 g/mol. The summed E-state index contributed by atoms with van der Waals surface area (Å²) < 4.78 is 5.89.